The summed E-state index contributed by atoms with van der Waals surface area (Å²) in [5.41, 5.74) is 6.75. The molecule has 0 saturated carbocycles. The van der Waals surface area contributed by atoms with Gasteiger partial charge in [-0.3, -0.25) is 19.4 Å². The van der Waals surface area contributed by atoms with Crippen molar-refractivity contribution >= 4 is 39.1 Å². The molecule has 0 bridgehead atoms. The number of carbonyl (C=O) groups is 1. The summed E-state index contributed by atoms with van der Waals surface area (Å²) in [5.74, 6) is 0.338. The fourth-order valence-corrected chi connectivity index (χ4v) is 4.68. The van der Waals surface area contributed by atoms with Crippen molar-refractivity contribution in [2.75, 3.05) is 32.7 Å². The van der Waals surface area contributed by atoms with Crippen LogP contribution in [0.4, 0.5) is 0 Å². The minimum absolute atomic E-state index is 0.150. The Balaban J connectivity index is 1.54. The van der Waals surface area contributed by atoms with Crippen molar-refractivity contribution in [3.05, 3.63) is 50.8 Å². The van der Waals surface area contributed by atoms with Gasteiger partial charge in [0.25, 0.3) is 5.56 Å². The van der Waals surface area contributed by atoms with E-state index in [4.69, 9.17) is 17.3 Å². The molecule has 1 aliphatic heterocycles. The second-order valence-electron chi connectivity index (χ2n) is 6.84. The molecule has 9 heteroatoms. The Morgan fingerprint density at radius 2 is 1.89 bits per heavy atom. The monoisotopic (exact) mass is 417 g/mol. The fraction of sp³-hybridized carbons (Fsp3) is 0.316. The highest BCUT2D eigenvalue weighted by Gasteiger charge is 2.20. The van der Waals surface area contributed by atoms with Crippen LogP contribution in [0, 0.1) is 0 Å². The Bertz CT molecular complexity index is 1070. The van der Waals surface area contributed by atoms with Crippen LogP contribution in [-0.2, 0) is 11.3 Å². The van der Waals surface area contributed by atoms with Crippen molar-refractivity contribution in [1.82, 2.24) is 19.8 Å². The zero-order chi connectivity index (χ0) is 19.7. The van der Waals surface area contributed by atoms with Gasteiger partial charge < -0.3 is 10.7 Å². The molecule has 0 unspecified atom stereocenters. The predicted octanol–water partition coefficient (Wildman–Crippen LogP) is 1.91. The molecule has 4 rings (SSSR count). The van der Waals surface area contributed by atoms with E-state index in [-0.39, 0.29) is 18.0 Å². The topological polar surface area (TPSA) is 95.3 Å². The van der Waals surface area contributed by atoms with Crippen LogP contribution in [0.5, 0.6) is 0 Å². The Morgan fingerprint density at radius 3 is 2.61 bits per heavy atom. The number of H-pyrrole nitrogens is 1. The minimum atomic E-state index is -0.308. The lowest BCUT2D eigenvalue weighted by Crippen LogP contribution is -2.48. The molecule has 0 atom stereocenters. The molecule has 3 aromatic rings. The highest BCUT2D eigenvalue weighted by Crippen LogP contribution is 2.34. The molecule has 1 aromatic carbocycles. The van der Waals surface area contributed by atoms with E-state index in [0.29, 0.717) is 27.6 Å². The molecule has 1 aliphatic rings. The SMILES string of the molecule is NC(=O)CN1CCN(Cc2nc3scc(-c4ccccc4Cl)c3c(=O)[nH]2)CC1. The first kappa shape index (κ1) is 19.1. The number of primary amides is 1. The van der Waals surface area contributed by atoms with Gasteiger partial charge in [0.1, 0.15) is 10.7 Å². The number of carbonyl (C=O) groups excluding carboxylic acids is 1. The van der Waals surface area contributed by atoms with Crippen LogP contribution in [0.2, 0.25) is 5.02 Å². The Hall–Kier alpha value is -2.26. The van der Waals surface area contributed by atoms with Crippen molar-refractivity contribution in [3.63, 3.8) is 0 Å². The highest BCUT2D eigenvalue weighted by molar-refractivity contribution is 7.17. The average Bonchev–Trinajstić information content (AvgIpc) is 3.08. The first-order valence-corrected chi connectivity index (χ1v) is 10.3. The maximum Gasteiger partial charge on any atom is 0.260 e. The molecular formula is C19H20ClN5O2S. The third-order valence-electron chi connectivity index (χ3n) is 4.87. The number of benzene rings is 1. The van der Waals surface area contributed by atoms with Crippen molar-refractivity contribution < 1.29 is 4.79 Å². The Morgan fingerprint density at radius 1 is 1.18 bits per heavy atom. The molecule has 146 valence electrons. The molecule has 0 spiro atoms. The summed E-state index contributed by atoms with van der Waals surface area (Å²) in [6.45, 7) is 3.98. The second kappa shape index (κ2) is 8.00. The zero-order valence-corrected chi connectivity index (χ0v) is 16.7. The zero-order valence-electron chi connectivity index (χ0n) is 15.2. The fourth-order valence-electron chi connectivity index (χ4n) is 3.48. The molecule has 0 aliphatic carbocycles. The van der Waals surface area contributed by atoms with Crippen LogP contribution >= 0.6 is 22.9 Å². The molecule has 7 nitrogen and oxygen atoms in total. The molecule has 3 N–H and O–H groups in total. The van der Waals surface area contributed by atoms with E-state index < -0.39 is 0 Å². The maximum atomic E-state index is 12.8. The van der Waals surface area contributed by atoms with Crippen LogP contribution in [0.3, 0.4) is 0 Å². The number of aromatic amines is 1. The number of aromatic nitrogens is 2. The number of thiophene rings is 1. The number of hydrogen-bond acceptors (Lipinski definition) is 6. The quantitative estimate of drug-likeness (QED) is 0.661. The van der Waals surface area contributed by atoms with Crippen LogP contribution in [-0.4, -0.2) is 58.4 Å². The van der Waals surface area contributed by atoms with E-state index in [1.807, 2.05) is 34.5 Å². The van der Waals surface area contributed by atoms with Crippen molar-refractivity contribution in [3.8, 4) is 11.1 Å². The molecular weight excluding hydrogens is 398 g/mol. The summed E-state index contributed by atoms with van der Waals surface area (Å²) in [6, 6.07) is 7.49. The third-order valence-corrected chi connectivity index (χ3v) is 6.08. The van der Waals surface area contributed by atoms with E-state index in [0.717, 1.165) is 37.3 Å². The van der Waals surface area contributed by atoms with Crippen molar-refractivity contribution in [2.45, 2.75) is 6.54 Å². The largest absolute Gasteiger partial charge is 0.369 e. The summed E-state index contributed by atoms with van der Waals surface area (Å²) >= 11 is 7.75. The van der Waals surface area contributed by atoms with E-state index in [2.05, 4.69) is 14.9 Å². The molecule has 1 amide bonds. The smallest absolute Gasteiger partial charge is 0.260 e. The van der Waals surface area contributed by atoms with Gasteiger partial charge in [0.2, 0.25) is 5.91 Å². The number of nitrogens with zero attached hydrogens (tertiary/aromatic N) is 3. The number of rotatable bonds is 5. The number of piperazine rings is 1. The predicted molar refractivity (Wildman–Crippen MR) is 112 cm³/mol. The molecule has 3 heterocycles. The number of nitrogens with one attached hydrogen (secondary N) is 1. The molecule has 0 radical (unpaired) electrons. The van der Waals surface area contributed by atoms with Crippen molar-refractivity contribution in [1.29, 1.82) is 0 Å². The maximum absolute atomic E-state index is 12.8. The summed E-state index contributed by atoms with van der Waals surface area (Å²) < 4.78 is 0. The van der Waals surface area contributed by atoms with Crippen molar-refractivity contribution in [2.24, 2.45) is 5.73 Å². The second-order valence-corrected chi connectivity index (χ2v) is 8.11. The summed E-state index contributed by atoms with van der Waals surface area (Å²) in [4.78, 5) is 36.4. The molecule has 2 aromatic heterocycles. The summed E-state index contributed by atoms with van der Waals surface area (Å²) in [5, 5.41) is 3.12. The van der Waals surface area contributed by atoms with Gasteiger partial charge in [0, 0.05) is 47.7 Å². The van der Waals surface area contributed by atoms with E-state index >= 15 is 0 Å². The summed E-state index contributed by atoms with van der Waals surface area (Å²) in [7, 11) is 0. The number of fused-ring (bicyclic) bond motifs is 1. The van der Waals surface area contributed by atoms with Crippen LogP contribution in [0.15, 0.2) is 34.4 Å². The van der Waals surface area contributed by atoms with Gasteiger partial charge in [0.15, 0.2) is 0 Å². The number of hydrogen-bond donors (Lipinski definition) is 2. The lowest BCUT2D eigenvalue weighted by Gasteiger charge is -2.33. The van der Waals surface area contributed by atoms with Gasteiger partial charge >= 0.3 is 0 Å². The van der Waals surface area contributed by atoms with Gasteiger partial charge in [-0.05, 0) is 6.07 Å². The lowest BCUT2D eigenvalue weighted by atomic mass is 10.1. The van der Waals surface area contributed by atoms with Crippen LogP contribution in [0.1, 0.15) is 5.82 Å². The van der Waals surface area contributed by atoms with Gasteiger partial charge in [0.05, 0.1) is 18.5 Å². The Labute approximate surface area is 170 Å². The normalized spacial score (nSPS) is 15.9. The van der Waals surface area contributed by atoms with E-state index in [1.165, 1.54) is 11.3 Å². The third kappa shape index (κ3) is 3.95. The van der Waals surface area contributed by atoms with E-state index in [1.54, 1.807) is 0 Å². The number of nitrogens with two attached hydrogens (primary N) is 1. The van der Waals surface area contributed by atoms with Gasteiger partial charge in [-0.25, -0.2) is 4.98 Å². The highest BCUT2D eigenvalue weighted by atomic mass is 35.5. The first-order valence-electron chi connectivity index (χ1n) is 8.99. The van der Waals surface area contributed by atoms with Gasteiger partial charge in [-0.1, -0.05) is 29.8 Å². The number of halogens is 1. The Kier molecular flexibility index (Phi) is 5.45. The number of amides is 1. The van der Waals surface area contributed by atoms with Gasteiger partial charge in [-0.15, -0.1) is 11.3 Å². The van der Waals surface area contributed by atoms with Gasteiger partial charge in [-0.2, -0.15) is 0 Å². The molecule has 1 fully saturated rings. The standard InChI is InChI=1S/C19H20ClN5O2S/c20-14-4-2-1-3-12(14)13-11-28-19-17(13)18(27)22-16(23-19)10-25-7-5-24(6-8-25)9-15(21)26/h1-4,11H,5-10H2,(H2,21,26)(H,22,23,27). The van der Waals surface area contributed by atoms with Crippen LogP contribution < -0.4 is 11.3 Å². The minimum Gasteiger partial charge on any atom is -0.369 e. The molecule has 1 saturated heterocycles. The van der Waals surface area contributed by atoms with Crippen LogP contribution in [0.25, 0.3) is 21.3 Å². The first-order chi connectivity index (χ1) is 13.5. The molecule has 28 heavy (non-hydrogen) atoms. The van der Waals surface area contributed by atoms with E-state index in [9.17, 15) is 9.59 Å². The average molecular weight is 418 g/mol. The lowest BCUT2D eigenvalue weighted by molar-refractivity contribution is -0.119. The summed E-state index contributed by atoms with van der Waals surface area (Å²) in [6.07, 6.45) is 0.